The first-order chi connectivity index (χ1) is 22.7. The predicted molar refractivity (Wildman–Crippen MR) is 178 cm³/mol. The Bertz CT molecular complexity index is 1440. The van der Waals surface area contributed by atoms with Crippen LogP contribution in [0.3, 0.4) is 0 Å². The molecular formula is C37H53N3O8. The van der Waals surface area contributed by atoms with Crippen molar-refractivity contribution in [1.29, 1.82) is 0 Å². The van der Waals surface area contributed by atoms with Crippen LogP contribution in [0.15, 0.2) is 12.1 Å². The van der Waals surface area contributed by atoms with Gasteiger partial charge in [-0.25, -0.2) is 9.59 Å². The highest BCUT2D eigenvalue weighted by Crippen LogP contribution is 2.65. The maximum atomic E-state index is 13.3. The average molecular weight is 668 g/mol. The predicted octanol–water partition coefficient (Wildman–Crippen LogP) is 4.93. The molecule has 11 nitrogen and oxygen atoms in total. The second-order valence-corrected chi connectivity index (χ2v) is 15.9. The highest BCUT2D eigenvalue weighted by atomic mass is 16.6. The number of carbonyl (C=O) groups excluding carboxylic acids is 4. The summed E-state index contributed by atoms with van der Waals surface area (Å²) in [6.07, 6.45) is 5.89. The smallest absolute Gasteiger partial charge is 0.415 e. The highest BCUT2D eigenvalue weighted by Gasteiger charge is 2.73. The van der Waals surface area contributed by atoms with E-state index < -0.39 is 34.9 Å². The van der Waals surface area contributed by atoms with Gasteiger partial charge in [0.15, 0.2) is 23.4 Å². The van der Waals surface area contributed by atoms with Crippen molar-refractivity contribution in [1.82, 2.24) is 15.1 Å². The summed E-state index contributed by atoms with van der Waals surface area (Å²) in [5.41, 5.74) is -0.503. The summed E-state index contributed by atoms with van der Waals surface area (Å²) in [4.78, 5) is 55.0. The summed E-state index contributed by atoms with van der Waals surface area (Å²) < 4.78 is 17.5. The lowest BCUT2D eigenvalue weighted by Crippen LogP contribution is -2.76. The van der Waals surface area contributed by atoms with Gasteiger partial charge in [-0.2, -0.15) is 0 Å². The fourth-order valence-electron chi connectivity index (χ4n) is 8.57. The molecule has 0 radical (unpaired) electrons. The van der Waals surface area contributed by atoms with E-state index in [9.17, 15) is 24.3 Å². The van der Waals surface area contributed by atoms with Crippen LogP contribution >= 0.6 is 0 Å². The van der Waals surface area contributed by atoms with Crippen LogP contribution in [0.5, 0.6) is 11.5 Å². The number of ketones is 2. The molecular weight excluding hydrogens is 614 g/mol. The van der Waals surface area contributed by atoms with E-state index in [-0.39, 0.29) is 35.7 Å². The first kappa shape index (κ1) is 34.7. The molecule has 5 atom stereocenters. The lowest BCUT2D eigenvalue weighted by atomic mass is 9.49. The fraction of sp³-hybridized carbons (Fsp3) is 0.730. The van der Waals surface area contributed by atoms with Crippen molar-refractivity contribution in [2.75, 3.05) is 33.2 Å². The number of carbonyl (C=O) groups is 4. The second-order valence-electron chi connectivity index (χ2n) is 15.9. The Morgan fingerprint density at radius 2 is 1.94 bits per heavy atom. The number of aliphatic hydroxyl groups is 1. The number of nitrogens with zero attached hydrogens (tertiary/aromatic N) is 2. The van der Waals surface area contributed by atoms with Gasteiger partial charge in [-0.15, -0.1) is 0 Å². The van der Waals surface area contributed by atoms with Crippen molar-refractivity contribution in [3.05, 3.63) is 23.3 Å². The van der Waals surface area contributed by atoms with Crippen molar-refractivity contribution in [3.8, 4) is 11.5 Å². The summed E-state index contributed by atoms with van der Waals surface area (Å²) in [6, 6.07) is 3.68. The van der Waals surface area contributed by atoms with E-state index in [2.05, 4.69) is 10.2 Å². The molecule has 4 unspecified atom stereocenters. The molecule has 2 bridgehead atoms. The quantitative estimate of drug-likeness (QED) is 0.281. The Morgan fingerprint density at radius 1 is 1.17 bits per heavy atom. The molecule has 2 N–H and O–H groups in total. The van der Waals surface area contributed by atoms with E-state index in [0.29, 0.717) is 56.9 Å². The van der Waals surface area contributed by atoms with Crippen LogP contribution in [-0.2, 0) is 26.2 Å². The van der Waals surface area contributed by atoms with Crippen LogP contribution < -0.4 is 14.8 Å². The van der Waals surface area contributed by atoms with Crippen molar-refractivity contribution in [3.63, 3.8) is 0 Å². The number of hydrogen-bond acceptors (Lipinski definition) is 9. The minimum Gasteiger partial charge on any atom is -0.477 e. The summed E-state index contributed by atoms with van der Waals surface area (Å²) in [5.74, 6) is 1.44. The molecule has 5 aliphatic rings. The van der Waals surface area contributed by atoms with Gasteiger partial charge in [0.05, 0.1) is 11.0 Å². The number of piperidine rings is 1. The third-order valence-electron chi connectivity index (χ3n) is 11.3. The molecule has 1 aromatic carbocycles. The summed E-state index contributed by atoms with van der Waals surface area (Å²) in [6.45, 7) is 10.0. The zero-order valence-electron chi connectivity index (χ0n) is 29.3. The summed E-state index contributed by atoms with van der Waals surface area (Å²) in [5, 5.41) is 15.2. The van der Waals surface area contributed by atoms with Crippen molar-refractivity contribution >= 4 is 23.8 Å². The molecule has 1 aromatic rings. The number of amides is 2. The van der Waals surface area contributed by atoms with Crippen LogP contribution in [0.1, 0.15) is 103 Å². The number of rotatable bonds is 13. The van der Waals surface area contributed by atoms with Gasteiger partial charge in [0, 0.05) is 57.0 Å². The normalized spacial score (nSPS) is 27.8. The van der Waals surface area contributed by atoms with Gasteiger partial charge in [-0.3, -0.25) is 14.5 Å². The maximum absolute atomic E-state index is 13.3. The molecule has 264 valence electrons. The molecule has 1 saturated heterocycles. The molecule has 0 aromatic heterocycles. The van der Waals surface area contributed by atoms with E-state index >= 15 is 0 Å². The first-order valence-electron chi connectivity index (χ1n) is 18.0. The molecule has 2 aliphatic heterocycles. The third kappa shape index (κ3) is 6.56. The molecule has 2 saturated carbocycles. The van der Waals surface area contributed by atoms with E-state index in [1.54, 1.807) is 13.1 Å². The van der Waals surface area contributed by atoms with Crippen molar-refractivity contribution in [2.45, 2.75) is 127 Å². The topological polar surface area (TPSA) is 135 Å². The Labute approximate surface area is 284 Å². The van der Waals surface area contributed by atoms with E-state index in [1.807, 2.05) is 33.8 Å². The monoisotopic (exact) mass is 667 g/mol. The number of ether oxygens (including phenoxy) is 3. The van der Waals surface area contributed by atoms with Gasteiger partial charge in [-0.05, 0) is 96.2 Å². The summed E-state index contributed by atoms with van der Waals surface area (Å²) >= 11 is 0. The molecule has 1 spiro atoms. The van der Waals surface area contributed by atoms with Crippen LogP contribution in [0.4, 0.5) is 9.59 Å². The summed E-state index contributed by atoms with van der Waals surface area (Å²) in [7, 11) is 1.65. The lowest BCUT2D eigenvalue weighted by molar-refractivity contribution is -0.188. The Kier molecular flexibility index (Phi) is 9.58. The van der Waals surface area contributed by atoms with Crippen LogP contribution in [0.2, 0.25) is 0 Å². The number of hydrogen-bond donors (Lipinski definition) is 2. The van der Waals surface area contributed by atoms with Gasteiger partial charge < -0.3 is 29.5 Å². The molecule has 3 fully saturated rings. The number of alkyl carbamates (subject to hydrolysis) is 1. The number of benzene rings is 1. The molecule has 2 heterocycles. The number of Topliss-reactive ketones (excluding diaryl/α,β-unsaturated/α-hetero) is 2. The molecule has 2 amide bonds. The van der Waals surface area contributed by atoms with Crippen LogP contribution in [0, 0.1) is 11.8 Å². The van der Waals surface area contributed by atoms with Gasteiger partial charge in [0.1, 0.15) is 11.4 Å². The number of nitrogens with one attached hydrogen (secondary N) is 1. The SMILES string of the molecule is CC(CCCCNC(=O)OC(C)(C)C)C(=O)CCCN(C)C(=O)Oc1ccc2c3c1OC1C(=O)CCC4(O)[C@@H](C2)N(CC2CC2)CCC314. The van der Waals surface area contributed by atoms with Crippen LogP contribution in [0.25, 0.3) is 0 Å². The maximum Gasteiger partial charge on any atom is 0.415 e. The fourth-order valence-corrected chi connectivity index (χ4v) is 8.57. The van der Waals surface area contributed by atoms with Gasteiger partial charge >= 0.3 is 12.2 Å². The zero-order valence-corrected chi connectivity index (χ0v) is 29.3. The van der Waals surface area contributed by atoms with Crippen LogP contribution in [-0.4, -0.2) is 95.2 Å². The number of unbranched alkanes of at least 4 members (excludes halogenated alkanes) is 1. The second kappa shape index (κ2) is 13.3. The van der Waals surface area contributed by atoms with E-state index in [0.717, 1.165) is 43.5 Å². The molecule has 11 heteroatoms. The van der Waals surface area contributed by atoms with Gasteiger partial charge in [0.2, 0.25) is 0 Å². The molecule has 3 aliphatic carbocycles. The van der Waals surface area contributed by atoms with E-state index in [4.69, 9.17) is 14.2 Å². The third-order valence-corrected chi connectivity index (χ3v) is 11.3. The molecule has 48 heavy (non-hydrogen) atoms. The Hall–Kier alpha value is -3.18. The Morgan fingerprint density at radius 3 is 2.67 bits per heavy atom. The van der Waals surface area contributed by atoms with Gasteiger partial charge in [-0.1, -0.05) is 19.4 Å². The average Bonchev–Trinajstić information content (AvgIpc) is 3.76. The Balaban J connectivity index is 1.02. The van der Waals surface area contributed by atoms with Gasteiger partial charge in [0.25, 0.3) is 0 Å². The minimum atomic E-state index is -1.07. The van der Waals surface area contributed by atoms with Crippen molar-refractivity contribution in [2.24, 2.45) is 11.8 Å². The largest absolute Gasteiger partial charge is 0.477 e. The zero-order chi connectivity index (χ0) is 34.4. The number of likely N-dealkylation sites (tertiary alicyclic amines) is 1. The standard InChI is InChI=1S/C37H53N3O8/c1-23(9-6-7-18-38-33(43)48-35(2,3)4)26(41)10-8-19-39(5)34(44)46-28-14-13-25-21-29-37(45)16-15-27(42)32-36(37,30(25)31(28)47-32)17-20-40(29)22-24-11-12-24/h13-14,23-24,29,32,45H,6-12,15-22H2,1-5H3,(H,38,43)/t23?,29-,32?,36?,37?/m1/s1. The molecule has 6 rings (SSSR count). The highest BCUT2D eigenvalue weighted by molar-refractivity contribution is 5.90. The minimum absolute atomic E-state index is 0.00359. The lowest BCUT2D eigenvalue weighted by Gasteiger charge is -2.62. The first-order valence-corrected chi connectivity index (χ1v) is 18.0. The van der Waals surface area contributed by atoms with Crippen molar-refractivity contribution < 1.29 is 38.5 Å². The van der Waals surface area contributed by atoms with E-state index in [1.165, 1.54) is 17.7 Å².